The van der Waals surface area contributed by atoms with Crippen LogP contribution in [0.5, 0.6) is 11.5 Å². The highest BCUT2D eigenvalue weighted by atomic mass is 79.9. The minimum atomic E-state index is -0.829. The second kappa shape index (κ2) is 12.6. The largest absolute Gasteiger partial charge is 0.493 e. The Labute approximate surface area is 258 Å². The lowest BCUT2D eigenvalue weighted by Gasteiger charge is -2.24. The molecule has 42 heavy (non-hydrogen) atoms. The van der Waals surface area contributed by atoms with Gasteiger partial charge in [0.2, 0.25) is 0 Å². The molecule has 1 aliphatic rings. The minimum Gasteiger partial charge on any atom is -0.493 e. The van der Waals surface area contributed by atoms with E-state index in [0.29, 0.717) is 47.2 Å². The molecule has 1 aliphatic heterocycles. The SMILES string of the molecule is CCOC(=O)C1=C(C)N=c2s/c(=C\c3cc(Br)c(OCc4ccccc4Cl)c(OC)c3)c(=O)n2[C@@H]1c1ccc(F)cc1. The summed E-state index contributed by atoms with van der Waals surface area (Å²) in [5.74, 6) is -0.0612. The number of allylic oxidation sites excluding steroid dienone is 1. The van der Waals surface area contributed by atoms with Crippen molar-refractivity contribution in [2.75, 3.05) is 13.7 Å². The Morgan fingerprint density at radius 1 is 1.19 bits per heavy atom. The molecular formula is C31H25BrClFN2O5S. The number of thiazole rings is 1. The number of ether oxygens (including phenoxy) is 3. The third-order valence-corrected chi connectivity index (χ3v) is 8.52. The quantitative estimate of drug-likeness (QED) is 0.217. The van der Waals surface area contributed by atoms with Gasteiger partial charge in [0, 0.05) is 10.6 Å². The number of methoxy groups -OCH3 is 1. The zero-order chi connectivity index (χ0) is 30.0. The van der Waals surface area contributed by atoms with Crippen molar-refractivity contribution in [1.82, 2.24) is 4.57 Å². The second-order valence-corrected chi connectivity index (χ2v) is 11.5. The molecule has 0 aliphatic carbocycles. The standard InChI is InChI=1S/C31H25BrClFN2O5S/c1-4-40-30(38)26-17(2)35-31-36(27(26)19-9-11-21(34)12-10-19)29(37)25(42-31)15-18-13-22(32)28(24(14-18)39-3)41-16-20-7-5-6-8-23(20)33/h5-15,27H,4,16H2,1-3H3/b25-15-/t27-/m1/s1. The van der Waals surface area contributed by atoms with Crippen LogP contribution in [0.3, 0.4) is 0 Å². The maximum Gasteiger partial charge on any atom is 0.338 e. The van der Waals surface area contributed by atoms with Crippen LogP contribution in [0.4, 0.5) is 4.39 Å². The van der Waals surface area contributed by atoms with E-state index in [1.807, 2.05) is 24.3 Å². The third-order valence-electron chi connectivity index (χ3n) is 6.58. The van der Waals surface area contributed by atoms with Crippen LogP contribution in [0.25, 0.3) is 6.08 Å². The molecule has 0 spiro atoms. The van der Waals surface area contributed by atoms with Crippen molar-refractivity contribution in [2.24, 2.45) is 4.99 Å². The number of halogens is 3. The van der Waals surface area contributed by atoms with Gasteiger partial charge in [0.05, 0.1) is 40.0 Å². The van der Waals surface area contributed by atoms with E-state index < -0.39 is 17.8 Å². The number of benzene rings is 3. The van der Waals surface area contributed by atoms with Gasteiger partial charge >= 0.3 is 5.97 Å². The van der Waals surface area contributed by atoms with Gasteiger partial charge in [0.1, 0.15) is 12.4 Å². The Kier molecular flexibility index (Phi) is 8.96. The van der Waals surface area contributed by atoms with E-state index in [0.717, 1.165) is 5.56 Å². The Morgan fingerprint density at radius 2 is 1.93 bits per heavy atom. The van der Waals surface area contributed by atoms with Crippen molar-refractivity contribution >= 4 is 50.9 Å². The number of esters is 1. The molecule has 11 heteroatoms. The topological polar surface area (TPSA) is 79.1 Å². The van der Waals surface area contributed by atoms with Crippen LogP contribution in [-0.2, 0) is 16.1 Å². The van der Waals surface area contributed by atoms with Crippen LogP contribution >= 0.6 is 38.9 Å². The number of hydrogen-bond acceptors (Lipinski definition) is 7. The molecule has 1 aromatic heterocycles. The summed E-state index contributed by atoms with van der Waals surface area (Å²) in [6.45, 7) is 3.79. The van der Waals surface area contributed by atoms with Crippen LogP contribution in [0.15, 0.2) is 86.2 Å². The number of carbonyl (C=O) groups is 1. The molecule has 0 saturated heterocycles. The summed E-state index contributed by atoms with van der Waals surface area (Å²) in [5, 5.41) is 0.597. The Hall–Kier alpha value is -3.73. The van der Waals surface area contributed by atoms with E-state index in [2.05, 4.69) is 20.9 Å². The molecule has 0 unspecified atom stereocenters. The number of nitrogens with zero attached hydrogens (tertiary/aromatic N) is 2. The number of hydrogen-bond donors (Lipinski definition) is 0. The predicted molar refractivity (Wildman–Crippen MR) is 163 cm³/mol. The molecule has 0 bridgehead atoms. The summed E-state index contributed by atoms with van der Waals surface area (Å²) >= 11 is 11.0. The van der Waals surface area contributed by atoms with Crippen molar-refractivity contribution in [3.63, 3.8) is 0 Å². The van der Waals surface area contributed by atoms with Gasteiger partial charge < -0.3 is 14.2 Å². The molecule has 0 radical (unpaired) electrons. The summed E-state index contributed by atoms with van der Waals surface area (Å²) in [7, 11) is 1.53. The molecule has 0 fully saturated rings. The zero-order valence-electron chi connectivity index (χ0n) is 22.8. The van der Waals surface area contributed by atoms with Crippen LogP contribution in [0.2, 0.25) is 5.02 Å². The maximum atomic E-state index is 13.9. The Bertz CT molecular complexity index is 1880. The molecule has 4 aromatic rings. The summed E-state index contributed by atoms with van der Waals surface area (Å²) in [6, 6.07) is 15.9. The average Bonchev–Trinajstić information content (AvgIpc) is 3.26. The summed E-state index contributed by atoms with van der Waals surface area (Å²) < 4.78 is 33.2. The van der Waals surface area contributed by atoms with Crippen LogP contribution in [0.1, 0.15) is 36.6 Å². The molecular weight excluding hydrogens is 647 g/mol. The highest BCUT2D eigenvalue weighted by Gasteiger charge is 2.33. The van der Waals surface area contributed by atoms with Gasteiger partial charge in [0.15, 0.2) is 16.3 Å². The van der Waals surface area contributed by atoms with Gasteiger partial charge in [-0.3, -0.25) is 9.36 Å². The number of fused-ring (bicyclic) bond motifs is 1. The molecule has 3 aromatic carbocycles. The highest BCUT2D eigenvalue weighted by molar-refractivity contribution is 9.10. The minimum absolute atomic E-state index is 0.158. The fraction of sp³-hybridized carbons (Fsp3) is 0.194. The molecule has 216 valence electrons. The first-order valence-electron chi connectivity index (χ1n) is 12.9. The molecule has 0 saturated carbocycles. The summed E-state index contributed by atoms with van der Waals surface area (Å²) in [4.78, 5) is 31.8. The Morgan fingerprint density at radius 3 is 2.62 bits per heavy atom. The first-order chi connectivity index (χ1) is 20.2. The smallest absolute Gasteiger partial charge is 0.338 e. The number of carbonyl (C=O) groups excluding carboxylic acids is 1. The lowest BCUT2D eigenvalue weighted by atomic mass is 9.96. The first-order valence-corrected chi connectivity index (χ1v) is 14.9. The summed E-state index contributed by atoms with van der Waals surface area (Å²) in [5.41, 5.74) is 2.37. The average molecular weight is 672 g/mol. The monoisotopic (exact) mass is 670 g/mol. The lowest BCUT2D eigenvalue weighted by molar-refractivity contribution is -0.139. The zero-order valence-corrected chi connectivity index (χ0v) is 26.0. The second-order valence-electron chi connectivity index (χ2n) is 9.27. The van der Waals surface area contributed by atoms with Gasteiger partial charge in [0.25, 0.3) is 5.56 Å². The van der Waals surface area contributed by atoms with Crippen LogP contribution < -0.4 is 24.4 Å². The summed E-state index contributed by atoms with van der Waals surface area (Å²) in [6.07, 6.45) is 1.72. The van der Waals surface area contributed by atoms with E-state index in [1.165, 1.54) is 35.1 Å². The molecule has 0 amide bonds. The predicted octanol–water partition coefficient (Wildman–Crippen LogP) is 5.94. The normalized spacial score (nSPS) is 14.8. The lowest BCUT2D eigenvalue weighted by Crippen LogP contribution is -2.39. The van der Waals surface area contributed by atoms with Gasteiger partial charge in [-0.05, 0) is 77.3 Å². The van der Waals surface area contributed by atoms with Crippen LogP contribution in [-0.4, -0.2) is 24.3 Å². The van der Waals surface area contributed by atoms with Crippen LogP contribution in [0, 0.1) is 5.82 Å². The highest BCUT2D eigenvalue weighted by Crippen LogP contribution is 2.38. The molecule has 0 N–H and O–H groups in total. The van der Waals surface area contributed by atoms with Gasteiger partial charge in [-0.1, -0.05) is 53.3 Å². The van der Waals surface area contributed by atoms with Crippen molar-refractivity contribution in [3.8, 4) is 11.5 Å². The van der Waals surface area contributed by atoms with Crippen molar-refractivity contribution < 1.29 is 23.4 Å². The van der Waals surface area contributed by atoms with E-state index >= 15 is 0 Å². The van der Waals surface area contributed by atoms with Crippen molar-refractivity contribution in [2.45, 2.75) is 26.5 Å². The van der Waals surface area contributed by atoms with Gasteiger partial charge in [-0.25, -0.2) is 14.2 Å². The fourth-order valence-corrected chi connectivity index (χ4v) is 6.44. The Balaban J connectivity index is 1.58. The van der Waals surface area contributed by atoms with Gasteiger partial charge in [-0.2, -0.15) is 0 Å². The van der Waals surface area contributed by atoms with E-state index in [1.54, 1.807) is 44.2 Å². The van der Waals surface area contributed by atoms with Crippen molar-refractivity contribution in [3.05, 3.63) is 124 Å². The molecule has 7 nitrogen and oxygen atoms in total. The molecule has 2 heterocycles. The van der Waals surface area contributed by atoms with E-state index in [9.17, 15) is 14.0 Å². The van der Waals surface area contributed by atoms with Crippen molar-refractivity contribution in [1.29, 1.82) is 0 Å². The number of aromatic nitrogens is 1. The first kappa shape index (κ1) is 29.8. The van der Waals surface area contributed by atoms with Gasteiger partial charge in [-0.15, -0.1) is 0 Å². The maximum absolute atomic E-state index is 13.9. The molecule has 5 rings (SSSR count). The molecule has 1 atom stereocenters. The van der Waals surface area contributed by atoms with E-state index in [-0.39, 0.29) is 24.3 Å². The number of rotatable bonds is 8. The fourth-order valence-electron chi connectivity index (χ4n) is 4.63. The van der Waals surface area contributed by atoms with E-state index in [4.69, 9.17) is 25.8 Å². The third kappa shape index (κ3) is 5.92.